The average Bonchev–Trinajstić information content (AvgIpc) is 2.57. The average molecular weight is 271 g/mol. The second-order valence-corrected chi connectivity index (χ2v) is 6.37. The Hall–Kier alpha value is 0.0300. The molecule has 0 bridgehead atoms. The summed E-state index contributed by atoms with van der Waals surface area (Å²) in [5, 5.41) is 0.316. The molecule has 0 fully saturated rings. The topological polar surface area (TPSA) is 0 Å². The predicted molar refractivity (Wildman–Crippen MR) is 83.4 cm³/mol. The van der Waals surface area contributed by atoms with Crippen LogP contribution in [-0.2, 0) is 0 Å². The summed E-state index contributed by atoms with van der Waals surface area (Å²) in [5.41, 5.74) is 1.64. The SMILES string of the molecule is CCCCCCCCCCC1=CC(Cl)CCCC1. The monoisotopic (exact) mass is 270 g/mol. The third kappa shape index (κ3) is 8.19. The fourth-order valence-electron chi connectivity index (χ4n) is 2.81. The van der Waals surface area contributed by atoms with Crippen molar-refractivity contribution in [3.05, 3.63) is 11.6 Å². The normalized spacial score (nSPS) is 20.6. The summed E-state index contributed by atoms with van der Waals surface area (Å²) in [6, 6.07) is 0. The molecule has 0 aromatic rings. The largest absolute Gasteiger partial charge is 0.118 e. The van der Waals surface area contributed by atoms with Gasteiger partial charge in [-0.3, -0.25) is 0 Å². The molecule has 1 aliphatic rings. The molecule has 0 spiro atoms. The Morgan fingerprint density at radius 3 is 2.39 bits per heavy atom. The van der Waals surface area contributed by atoms with E-state index in [-0.39, 0.29) is 0 Å². The number of allylic oxidation sites excluding steroid dienone is 2. The molecule has 0 aromatic heterocycles. The van der Waals surface area contributed by atoms with Crippen LogP contribution in [0.3, 0.4) is 0 Å². The zero-order chi connectivity index (χ0) is 13.1. The molecular formula is C17H31Cl. The van der Waals surface area contributed by atoms with Crippen LogP contribution in [0.15, 0.2) is 11.6 Å². The van der Waals surface area contributed by atoms with Crippen LogP contribution < -0.4 is 0 Å². The first-order valence-corrected chi connectivity index (χ1v) is 8.60. The van der Waals surface area contributed by atoms with E-state index >= 15 is 0 Å². The highest BCUT2D eigenvalue weighted by molar-refractivity contribution is 6.21. The van der Waals surface area contributed by atoms with E-state index in [9.17, 15) is 0 Å². The Morgan fingerprint density at radius 2 is 1.67 bits per heavy atom. The fourth-order valence-corrected chi connectivity index (χ4v) is 3.14. The van der Waals surface area contributed by atoms with Gasteiger partial charge in [0.15, 0.2) is 0 Å². The maximum absolute atomic E-state index is 6.25. The maximum atomic E-state index is 6.25. The van der Waals surface area contributed by atoms with Crippen LogP contribution >= 0.6 is 11.6 Å². The van der Waals surface area contributed by atoms with Gasteiger partial charge in [0.1, 0.15) is 0 Å². The second kappa shape index (κ2) is 10.9. The Labute approximate surface area is 119 Å². The van der Waals surface area contributed by atoms with Crippen LogP contribution in [0, 0.1) is 0 Å². The molecule has 0 radical (unpaired) electrons. The van der Waals surface area contributed by atoms with Crippen LogP contribution in [-0.4, -0.2) is 5.38 Å². The lowest BCUT2D eigenvalue weighted by molar-refractivity contribution is 0.571. The molecule has 0 aliphatic heterocycles. The molecule has 18 heavy (non-hydrogen) atoms. The quantitative estimate of drug-likeness (QED) is 0.251. The van der Waals surface area contributed by atoms with E-state index in [1.807, 2.05) is 0 Å². The molecule has 1 aliphatic carbocycles. The molecule has 1 rings (SSSR count). The lowest BCUT2D eigenvalue weighted by Crippen LogP contribution is -1.91. The molecule has 1 heteroatoms. The first kappa shape index (κ1) is 16.1. The van der Waals surface area contributed by atoms with Gasteiger partial charge in [0, 0.05) is 0 Å². The summed E-state index contributed by atoms with van der Waals surface area (Å²) in [6.07, 6.45) is 20.1. The van der Waals surface area contributed by atoms with Gasteiger partial charge in [-0.15, -0.1) is 11.6 Å². The van der Waals surface area contributed by atoms with Gasteiger partial charge in [-0.25, -0.2) is 0 Å². The van der Waals surface area contributed by atoms with Crippen LogP contribution in [0.2, 0.25) is 0 Å². The molecule has 1 unspecified atom stereocenters. The summed E-state index contributed by atoms with van der Waals surface area (Å²) in [7, 11) is 0. The van der Waals surface area contributed by atoms with Crippen molar-refractivity contribution in [3.63, 3.8) is 0 Å². The van der Waals surface area contributed by atoms with E-state index in [0.717, 1.165) is 0 Å². The molecule has 0 saturated heterocycles. The van der Waals surface area contributed by atoms with Gasteiger partial charge in [-0.1, -0.05) is 69.9 Å². The number of rotatable bonds is 9. The van der Waals surface area contributed by atoms with Gasteiger partial charge in [-0.05, 0) is 32.1 Å². The van der Waals surface area contributed by atoms with Crippen molar-refractivity contribution in [2.24, 2.45) is 0 Å². The number of halogens is 1. The molecular weight excluding hydrogens is 240 g/mol. The zero-order valence-corrected chi connectivity index (χ0v) is 13.0. The number of unbranched alkanes of at least 4 members (excludes halogenated alkanes) is 7. The van der Waals surface area contributed by atoms with Crippen molar-refractivity contribution in [1.29, 1.82) is 0 Å². The van der Waals surface area contributed by atoms with Crippen molar-refractivity contribution < 1.29 is 0 Å². The highest BCUT2D eigenvalue weighted by atomic mass is 35.5. The van der Waals surface area contributed by atoms with Crippen molar-refractivity contribution in [1.82, 2.24) is 0 Å². The van der Waals surface area contributed by atoms with E-state index < -0.39 is 0 Å². The molecule has 0 N–H and O–H groups in total. The Kier molecular flexibility index (Phi) is 9.75. The van der Waals surface area contributed by atoms with Gasteiger partial charge >= 0.3 is 0 Å². The molecule has 0 amide bonds. The van der Waals surface area contributed by atoms with Gasteiger partial charge in [-0.2, -0.15) is 0 Å². The zero-order valence-electron chi connectivity index (χ0n) is 12.2. The summed E-state index contributed by atoms with van der Waals surface area (Å²) in [4.78, 5) is 0. The minimum atomic E-state index is 0.316. The molecule has 0 aromatic carbocycles. The Balaban J connectivity index is 1.96. The number of hydrogen-bond acceptors (Lipinski definition) is 0. The minimum absolute atomic E-state index is 0.316. The van der Waals surface area contributed by atoms with Crippen molar-refractivity contribution in [2.75, 3.05) is 0 Å². The van der Waals surface area contributed by atoms with E-state index in [1.165, 1.54) is 83.5 Å². The number of hydrogen-bond donors (Lipinski definition) is 0. The molecule has 0 heterocycles. The standard InChI is InChI=1S/C17H31Cl/c1-2-3-4-5-6-7-8-9-12-16-13-10-11-14-17(18)15-16/h15,17H,2-14H2,1H3. The first-order chi connectivity index (χ1) is 8.83. The third-order valence-corrected chi connectivity index (χ3v) is 4.34. The van der Waals surface area contributed by atoms with Crippen molar-refractivity contribution in [2.45, 2.75) is 95.8 Å². The molecule has 0 nitrogen and oxygen atoms in total. The summed E-state index contributed by atoms with van der Waals surface area (Å²) >= 11 is 6.25. The second-order valence-electron chi connectivity index (χ2n) is 5.81. The van der Waals surface area contributed by atoms with Gasteiger partial charge in [0.2, 0.25) is 0 Å². The van der Waals surface area contributed by atoms with E-state index in [2.05, 4.69) is 13.0 Å². The smallest absolute Gasteiger partial charge is 0.0518 e. The van der Waals surface area contributed by atoms with Gasteiger partial charge in [0.05, 0.1) is 5.38 Å². The van der Waals surface area contributed by atoms with Crippen LogP contribution in [0.1, 0.15) is 90.4 Å². The lowest BCUT2D eigenvalue weighted by atomic mass is 10.0. The third-order valence-electron chi connectivity index (χ3n) is 4.00. The van der Waals surface area contributed by atoms with Crippen LogP contribution in [0.4, 0.5) is 0 Å². The fraction of sp³-hybridized carbons (Fsp3) is 0.882. The summed E-state index contributed by atoms with van der Waals surface area (Å²) < 4.78 is 0. The molecule has 1 atom stereocenters. The van der Waals surface area contributed by atoms with Crippen LogP contribution in [0.25, 0.3) is 0 Å². The highest BCUT2D eigenvalue weighted by Crippen LogP contribution is 2.24. The van der Waals surface area contributed by atoms with Crippen LogP contribution in [0.5, 0.6) is 0 Å². The van der Waals surface area contributed by atoms with E-state index in [1.54, 1.807) is 5.57 Å². The van der Waals surface area contributed by atoms with Gasteiger partial charge in [0.25, 0.3) is 0 Å². The highest BCUT2D eigenvalue weighted by Gasteiger charge is 2.08. The molecule has 0 saturated carbocycles. The van der Waals surface area contributed by atoms with Crippen molar-refractivity contribution in [3.8, 4) is 0 Å². The maximum Gasteiger partial charge on any atom is 0.0518 e. The van der Waals surface area contributed by atoms with Crippen molar-refractivity contribution >= 4 is 11.6 Å². The summed E-state index contributed by atoms with van der Waals surface area (Å²) in [5.74, 6) is 0. The Bertz CT molecular complexity index is 220. The lowest BCUT2D eigenvalue weighted by Gasteiger charge is -2.06. The summed E-state index contributed by atoms with van der Waals surface area (Å²) in [6.45, 7) is 2.28. The minimum Gasteiger partial charge on any atom is -0.118 e. The predicted octanol–water partition coefficient (Wildman–Crippen LogP) is 6.63. The van der Waals surface area contributed by atoms with E-state index in [4.69, 9.17) is 11.6 Å². The first-order valence-electron chi connectivity index (χ1n) is 8.16. The number of alkyl halides is 1. The molecule has 106 valence electrons. The Morgan fingerprint density at radius 1 is 1.00 bits per heavy atom. The van der Waals surface area contributed by atoms with E-state index in [0.29, 0.717) is 5.38 Å². The van der Waals surface area contributed by atoms with Gasteiger partial charge < -0.3 is 0 Å².